The fraction of sp³-hybridized carbons (Fsp3) is 0.250. The van der Waals surface area contributed by atoms with E-state index in [1.165, 1.54) is 6.07 Å². The van der Waals surface area contributed by atoms with Crippen LogP contribution in [0.1, 0.15) is 11.6 Å². The first kappa shape index (κ1) is 10.5. The molecule has 0 aromatic heterocycles. The van der Waals surface area contributed by atoms with Gasteiger partial charge in [0.15, 0.2) is 0 Å². The lowest BCUT2D eigenvalue weighted by molar-refractivity contribution is 0.116. The number of hydrogen-bond donors (Lipinski definition) is 1. The Balaban J connectivity index is 3.01. The summed E-state index contributed by atoms with van der Waals surface area (Å²) in [6, 6.07) is 2.07. The molecule has 0 radical (unpaired) electrons. The smallest absolute Gasteiger partial charge is 0.257 e. The highest BCUT2D eigenvalue weighted by Crippen LogP contribution is 2.26. The summed E-state index contributed by atoms with van der Waals surface area (Å²) in [5, 5.41) is 0. The van der Waals surface area contributed by atoms with Crippen molar-refractivity contribution in [3.8, 4) is 0 Å². The Morgan fingerprint density at radius 2 is 1.92 bits per heavy atom. The average molecular weight is 254 g/mol. The van der Waals surface area contributed by atoms with Crippen LogP contribution in [0.4, 0.5) is 13.2 Å². The fourth-order valence-electron chi connectivity index (χ4n) is 0.908. The number of alkyl halides is 2. The van der Waals surface area contributed by atoms with Crippen LogP contribution in [-0.2, 0) is 0 Å². The third-order valence-corrected chi connectivity index (χ3v) is 2.28. The van der Waals surface area contributed by atoms with Gasteiger partial charge in [0.2, 0.25) is 0 Å². The Bertz CT molecular complexity index is 303. The van der Waals surface area contributed by atoms with Crippen molar-refractivity contribution in [2.24, 2.45) is 5.73 Å². The summed E-state index contributed by atoms with van der Waals surface area (Å²) in [5.74, 6) is -0.489. The normalized spacial score (nSPS) is 13.4. The maximum Gasteiger partial charge on any atom is 0.257 e. The molecule has 0 saturated carbocycles. The zero-order valence-corrected chi connectivity index (χ0v) is 8.06. The van der Waals surface area contributed by atoms with Gasteiger partial charge in [-0.2, -0.15) is 0 Å². The summed E-state index contributed by atoms with van der Waals surface area (Å²) >= 11 is 2.96. The van der Waals surface area contributed by atoms with E-state index in [1.54, 1.807) is 0 Å². The van der Waals surface area contributed by atoms with Crippen LogP contribution in [0.15, 0.2) is 22.7 Å². The molecule has 1 atom stereocenters. The molecule has 1 aromatic carbocycles. The second-order valence-electron chi connectivity index (χ2n) is 2.53. The van der Waals surface area contributed by atoms with E-state index in [-0.39, 0.29) is 10.0 Å². The molecule has 1 unspecified atom stereocenters. The zero-order valence-electron chi connectivity index (χ0n) is 6.48. The Labute approximate surface area is 81.9 Å². The number of nitrogens with two attached hydrogens (primary N) is 1. The highest BCUT2D eigenvalue weighted by molar-refractivity contribution is 9.10. The second kappa shape index (κ2) is 4.11. The molecule has 72 valence electrons. The van der Waals surface area contributed by atoms with Crippen molar-refractivity contribution in [1.82, 2.24) is 0 Å². The Morgan fingerprint density at radius 1 is 1.31 bits per heavy atom. The highest BCUT2D eigenvalue weighted by atomic mass is 79.9. The molecule has 1 nitrogen and oxygen atoms in total. The first-order valence-electron chi connectivity index (χ1n) is 3.51. The summed E-state index contributed by atoms with van der Waals surface area (Å²) in [6.45, 7) is 0. The van der Waals surface area contributed by atoms with Crippen LogP contribution in [-0.4, -0.2) is 6.43 Å². The quantitative estimate of drug-likeness (QED) is 0.862. The molecule has 1 rings (SSSR count). The van der Waals surface area contributed by atoms with E-state index in [1.807, 2.05) is 0 Å². The molecule has 0 aliphatic carbocycles. The predicted octanol–water partition coefficient (Wildman–Crippen LogP) is 2.85. The predicted molar refractivity (Wildman–Crippen MR) is 47.0 cm³/mol. The Morgan fingerprint density at radius 3 is 2.38 bits per heavy atom. The van der Waals surface area contributed by atoms with E-state index in [0.29, 0.717) is 0 Å². The van der Waals surface area contributed by atoms with Gasteiger partial charge in [-0.15, -0.1) is 0 Å². The van der Waals surface area contributed by atoms with E-state index in [2.05, 4.69) is 15.9 Å². The van der Waals surface area contributed by atoms with Gasteiger partial charge in [-0.3, -0.25) is 0 Å². The van der Waals surface area contributed by atoms with Gasteiger partial charge in [-0.25, -0.2) is 13.2 Å². The van der Waals surface area contributed by atoms with Crippen LogP contribution in [0.5, 0.6) is 0 Å². The van der Waals surface area contributed by atoms with Gasteiger partial charge in [-0.05, 0) is 17.7 Å². The van der Waals surface area contributed by atoms with Gasteiger partial charge in [0.05, 0.1) is 6.04 Å². The molecule has 0 fully saturated rings. The van der Waals surface area contributed by atoms with Crippen LogP contribution in [0.25, 0.3) is 0 Å². The molecule has 2 N–H and O–H groups in total. The van der Waals surface area contributed by atoms with Gasteiger partial charge >= 0.3 is 0 Å². The zero-order chi connectivity index (χ0) is 10.0. The number of hydrogen-bond acceptors (Lipinski definition) is 1. The largest absolute Gasteiger partial charge is 0.319 e. The summed E-state index contributed by atoms with van der Waals surface area (Å²) < 4.78 is 37.1. The molecule has 0 bridgehead atoms. The molecule has 0 spiro atoms. The van der Waals surface area contributed by atoms with Crippen molar-refractivity contribution in [1.29, 1.82) is 0 Å². The van der Waals surface area contributed by atoms with Gasteiger partial charge in [0.1, 0.15) is 5.82 Å². The number of halogens is 4. The van der Waals surface area contributed by atoms with Crippen molar-refractivity contribution in [2.45, 2.75) is 12.5 Å². The topological polar surface area (TPSA) is 26.0 Å². The van der Waals surface area contributed by atoms with E-state index in [9.17, 15) is 13.2 Å². The molecule has 13 heavy (non-hydrogen) atoms. The van der Waals surface area contributed by atoms with Crippen LogP contribution in [0.2, 0.25) is 0 Å². The first-order chi connectivity index (χ1) is 6.02. The standard InChI is InChI=1S/C8H7BrF3N/c9-6-3-4(10)1-2-5(6)7(13)8(11)12/h1-3,7-8H,13H2. The minimum atomic E-state index is -2.65. The van der Waals surface area contributed by atoms with E-state index < -0.39 is 18.3 Å². The molecule has 0 heterocycles. The molecule has 0 aliphatic heterocycles. The van der Waals surface area contributed by atoms with Gasteiger partial charge < -0.3 is 5.73 Å². The maximum absolute atomic E-state index is 12.6. The molecule has 0 amide bonds. The van der Waals surface area contributed by atoms with Gasteiger partial charge in [0.25, 0.3) is 6.43 Å². The lowest BCUT2D eigenvalue weighted by Crippen LogP contribution is -2.19. The second-order valence-corrected chi connectivity index (χ2v) is 3.38. The van der Waals surface area contributed by atoms with Gasteiger partial charge in [-0.1, -0.05) is 22.0 Å². The molecule has 5 heteroatoms. The minimum absolute atomic E-state index is 0.205. The van der Waals surface area contributed by atoms with Crippen molar-refractivity contribution in [2.75, 3.05) is 0 Å². The average Bonchev–Trinajstić information content (AvgIpc) is 2.03. The Kier molecular flexibility index (Phi) is 3.33. The highest BCUT2D eigenvalue weighted by Gasteiger charge is 2.19. The third kappa shape index (κ3) is 2.45. The van der Waals surface area contributed by atoms with Crippen LogP contribution in [0, 0.1) is 5.82 Å². The first-order valence-corrected chi connectivity index (χ1v) is 4.30. The van der Waals surface area contributed by atoms with E-state index in [0.717, 1.165) is 12.1 Å². The van der Waals surface area contributed by atoms with Crippen molar-refractivity contribution < 1.29 is 13.2 Å². The minimum Gasteiger partial charge on any atom is -0.319 e. The number of benzene rings is 1. The van der Waals surface area contributed by atoms with Crippen LogP contribution in [0.3, 0.4) is 0 Å². The molecule has 1 aromatic rings. The molecule has 0 saturated heterocycles. The molecular weight excluding hydrogens is 247 g/mol. The molecule has 0 aliphatic rings. The van der Waals surface area contributed by atoms with Crippen molar-refractivity contribution in [3.63, 3.8) is 0 Å². The van der Waals surface area contributed by atoms with Crippen molar-refractivity contribution in [3.05, 3.63) is 34.1 Å². The summed E-state index contributed by atoms with van der Waals surface area (Å²) in [5.41, 5.74) is 5.39. The summed E-state index contributed by atoms with van der Waals surface area (Å²) in [6.07, 6.45) is -2.65. The lowest BCUT2D eigenvalue weighted by Gasteiger charge is -2.12. The van der Waals surface area contributed by atoms with Crippen LogP contribution < -0.4 is 5.73 Å². The fourth-order valence-corrected chi connectivity index (χ4v) is 1.52. The number of rotatable bonds is 2. The van der Waals surface area contributed by atoms with E-state index in [4.69, 9.17) is 5.73 Å². The summed E-state index contributed by atoms with van der Waals surface area (Å²) in [7, 11) is 0. The van der Waals surface area contributed by atoms with E-state index >= 15 is 0 Å². The van der Waals surface area contributed by atoms with Crippen LogP contribution >= 0.6 is 15.9 Å². The maximum atomic E-state index is 12.6. The lowest BCUT2D eigenvalue weighted by atomic mass is 10.1. The third-order valence-electron chi connectivity index (χ3n) is 1.59. The Hall–Kier alpha value is -0.550. The summed E-state index contributed by atoms with van der Waals surface area (Å²) in [4.78, 5) is 0. The molecular formula is C8H7BrF3N. The van der Waals surface area contributed by atoms with Gasteiger partial charge in [0, 0.05) is 4.47 Å². The SMILES string of the molecule is NC(c1ccc(F)cc1Br)C(F)F. The van der Waals surface area contributed by atoms with Crippen molar-refractivity contribution >= 4 is 15.9 Å². The monoisotopic (exact) mass is 253 g/mol.